The Balaban J connectivity index is 1.98. The molecule has 4 atom stereocenters. The fraction of sp³-hybridized carbons (Fsp3) is 0.933. The Labute approximate surface area is 111 Å². The zero-order valence-corrected chi connectivity index (χ0v) is 12.0. The Kier molecular flexibility index (Phi) is 4.44. The fourth-order valence-corrected chi connectivity index (χ4v) is 3.90. The number of ether oxygens (including phenoxy) is 1. The van der Waals surface area contributed by atoms with Crippen molar-refractivity contribution in [1.82, 2.24) is 4.90 Å². The lowest BCUT2D eigenvalue weighted by molar-refractivity contribution is -0.120. The van der Waals surface area contributed by atoms with Crippen molar-refractivity contribution >= 4 is 6.29 Å². The van der Waals surface area contributed by atoms with Crippen LogP contribution in [0.5, 0.6) is 0 Å². The lowest BCUT2D eigenvalue weighted by Gasteiger charge is -2.40. The van der Waals surface area contributed by atoms with E-state index in [1.165, 1.54) is 19.1 Å². The van der Waals surface area contributed by atoms with Gasteiger partial charge in [-0.05, 0) is 39.2 Å². The summed E-state index contributed by atoms with van der Waals surface area (Å²) in [6, 6.07) is 0.485. The Morgan fingerprint density at radius 1 is 1.39 bits per heavy atom. The molecule has 2 fully saturated rings. The predicted octanol–water partition coefficient (Wildman–Crippen LogP) is 2.49. The first kappa shape index (κ1) is 14.0. The van der Waals surface area contributed by atoms with Gasteiger partial charge < -0.3 is 9.53 Å². The van der Waals surface area contributed by atoms with Gasteiger partial charge in [0.1, 0.15) is 6.29 Å². The molecule has 0 bridgehead atoms. The second kappa shape index (κ2) is 5.70. The molecule has 1 aliphatic heterocycles. The van der Waals surface area contributed by atoms with E-state index in [0.29, 0.717) is 18.1 Å². The third kappa shape index (κ3) is 2.94. The largest absolute Gasteiger partial charge is 0.377 e. The van der Waals surface area contributed by atoms with Crippen LogP contribution in [0.1, 0.15) is 46.0 Å². The summed E-state index contributed by atoms with van der Waals surface area (Å²) in [5.41, 5.74) is -0.102. The van der Waals surface area contributed by atoms with Crippen molar-refractivity contribution in [3.8, 4) is 0 Å². The van der Waals surface area contributed by atoms with Crippen LogP contribution in [0.25, 0.3) is 0 Å². The topological polar surface area (TPSA) is 29.5 Å². The minimum absolute atomic E-state index is 0.102. The van der Waals surface area contributed by atoms with Gasteiger partial charge >= 0.3 is 0 Å². The lowest BCUT2D eigenvalue weighted by Crippen LogP contribution is -2.46. The van der Waals surface area contributed by atoms with Crippen LogP contribution in [-0.4, -0.2) is 43.5 Å². The highest BCUT2D eigenvalue weighted by Gasteiger charge is 2.38. The number of carbonyl (C=O) groups excluding carboxylic acids is 1. The van der Waals surface area contributed by atoms with Crippen LogP contribution in [0.2, 0.25) is 0 Å². The molecule has 0 aromatic carbocycles. The molecule has 4 unspecified atom stereocenters. The minimum atomic E-state index is -0.102. The van der Waals surface area contributed by atoms with Gasteiger partial charge in [-0.25, -0.2) is 0 Å². The number of nitrogens with zero attached hydrogens (tertiary/aromatic N) is 1. The molecule has 1 saturated heterocycles. The van der Waals surface area contributed by atoms with Crippen LogP contribution in [0.15, 0.2) is 0 Å². The van der Waals surface area contributed by atoms with Crippen LogP contribution in [0, 0.1) is 11.3 Å². The average Bonchev–Trinajstić information content (AvgIpc) is 2.75. The Morgan fingerprint density at radius 3 is 2.72 bits per heavy atom. The first-order chi connectivity index (χ1) is 8.56. The summed E-state index contributed by atoms with van der Waals surface area (Å²) in [6.45, 7) is 6.18. The molecule has 0 aromatic rings. The smallest absolute Gasteiger partial charge is 0.127 e. The number of hydrogen-bond donors (Lipinski definition) is 0. The molecule has 1 saturated carbocycles. The summed E-state index contributed by atoms with van der Waals surface area (Å²) in [7, 11) is 2.15. The third-order valence-electron chi connectivity index (χ3n) is 4.84. The molecule has 0 amide bonds. The van der Waals surface area contributed by atoms with E-state index >= 15 is 0 Å². The average molecular weight is 253 g/mol. The van der Waals surface area contributed by atoms with Crippen molar-refractivity contribution in [1.29, 1.82) is 0 Å². The van der Waals surface area contributed by atoms with Gasteiger partial charge in [0.25, 0.3) is 0 Å². The third-order valence-corrected chi connectivity index (χ3v) is 4.84. The Hall–Kier alpha value is -0.410. The molecule has 2 aliphatic rings. The summed E-state index contributed by atoms with van der Waals surface area (Å²) < 4.78 is 5.63. The van der Waals surface area contributed by atoms with Gasteiger partial charge in [0, 0.05) is 24.6 Å². The summed E-state index contributed by atoms with van der Waals surface area (Å²) in [6.07, 6.45) is 7.24. The number of carbonyl (C=O) groups is 1. The van der Waals surface area contributed by atoms with Crippen LogP contribution in [-0.2, 0) is 9.53 Å². The van der Waals surface area contributed by atoms with E-state index in [0.717, 1.165) is 32.4 Å². The zero-order chi connectivity index (χ0) is 13.2. The van der Waals surface area contributed by atoms with Gasteiger partial charge in [-0.15, -0.1) is 0 Å². The molecule has 0 spiro atoms. The SMILES string of the molecule is CC1CCCC(C=O)(CN(C)C2CCOC2C)C1. The second-order valence-electron chi connectivity index (χ2n) is 6.53. The quantitative estimate of drug-likeness (QED) is 0.721. The fourth-order valence-electron chi connectivity index (χ4n) is 3.90. The first-order valence-corrected chi connectivity index (χ1v) is 7.34. The minimum Gasteiger partial charge on any atom is -0.377 e. The van der Waals surface area contributed by atoms with E-state index in [4.69, 9.17) is 4.74 Å². The van der Waals surface area contributed by atoms with Crippen molar-refractivity contribution < 1.29 is 9.53 Å². The van der Waals surface area contributed by atoms with Crippen LogP contribution >= 0.6 is 0 Å². The van der Waals surface area contributed by atoms with Gasteiger partial charge in [0.2, 0.25) is 0 Å². The molecule has 0 radical (unpaired) electrons. The molecule has 0 N–H and O–H groups in total. The number of hydrogen-bond acceptors (Lipinski definition) is 3. The van der Waals surface area contributed by atoms with Gasteiger partial charge in [0.05, 0.1) is 6.10 Å². The van der Waals surface area contributed by atoms with Crippen molar-refractivity contribution in [3.63, 3.8) is 0 Å². The predicted molar refractivity (Wildman–Crippen MR) is 72.6 cm³/mol. The van der Waals surface area contributed by atoms with Crippen LogP contribution < -0.4 is 0 Å². The van der Waals surface area contributed by atoms with E-state index in [1.807, 2.05) is 0 Å². The maximum atomic E-state index is 11.6. The second-order valence-corrected chi connectivity index (χ2v) is 6.53. The first-order valence-electron chi connectivity index (χ1n) is 7.34. The Bertz CT molecular complexity index is 294. The van der Waals surface area contributed by atoms with Crippen LogP contribution in [0.3, 0.4) is 0 Å². The number of likely N-dealkylation sites (N-methyl/N-ethyl adjacent to an activating group) is 1. The summed E-state index contributed by atoms with van der Waals surface area (Å²) in [5, 5.41) is 0. The summed E-state index contributed by atoms with van der Waals surface area (Å²) in [5.74, 6) is 0.689. The molecule has 1 heterocycles. The van der Waals surface area contributed by atoms with Crippen molar-refractivity contribution in [2.24, 2.45) is 11.3 Å². The highest BCUT2D eigenvalue weighted by Crippen LogP contribution is 2.39. The normalized spacial score (nSPS) is 41.2. The van der Waals surface area contributed by atoms with Gasteiger partial charge in [0.15, 0.2) is 0 Å². The summed E-state index contributed by atoms with van der Waals surface area (Å²) >= 11 is 0. The van der Waals surface area contributed by atoms with E-state index in [1.54, 1.807) is 0 Å². The van der Waals surface area contributed by atoms with Gasteiger partial charge in [-0.3, -0.25) is 4.90 Å². The maximum absolute atomic E-state index is 11.6. The molecule has 3 heteroatoms. The van der Waals surface area contributed by atoms with Crippen molar-refractivity contribution in [2.45, 2.75) is 58.1 Å². The summed E-state index contributed by atoms with van der Waals surface area (Å²) in [4.78, 5) is 14.0. The van der Waals surface area contributed by atoms with Gasteiger partial charge in [-0.1, -0.05) is 19.8 Å². The highest BCUT2D eigenvalue weighted by molar-refractivity contribution is 5.60. The highest BCUT2D eigenvalue weighted by atomic mass is 16.5. The monoisotopic (exact) mass is 253 g/mol. The number of aldehydes is 1. The van der Waals surface area contributed by atoms with Crippen molar-refractivity contribution in [2.75, 3.05) is 20.2 Å². The molecular formula is C15H27NO2. The van der Waals surface area contributed by atoms with Crippen molar-refractivity contribution in [3.05, 3.63) is 0 Å². The molecule has 3 nitrogen and oxygen atoms in total. The van der Waals surface area contributed by atoms with E-state index in [-0.39, 0.29) is 5.41 Å². The van der Waals surface area contributed by atoms with E-state index in [9.17, 15) is 4.79 Å². The maximum Gasteiger partial charge on any atom is 0.127 e. The molecule has 0 aromatic heterocycles. The Morgan fingerprint density at radius 2 is 2.17 bits per heavy atom. The molecule has 104 valence electrons. The standard InChI is InChI=1S/C15H27NO2/c1-12-5-4-7-15(9-12,11-17)10-16(3)14-6-8-18-13(14)2/h11-14H,4-10H2,1-3H3. The van der Waals surface area contributed by atoms with E-state index in [2.05, 4.69) is 25.8 Å². The zero-order valence-electron chi connectivity index (χ0n) is 12.0. The molecular weight excluding hydrogens is 226 g/mol. The molecule has 2 rings (SSSR count). The van der Waals surface area contributed by atoms with Gasteiger partial charge in [-0.2, -0.15) is 0 Å². The van der Waals surface area contributed by atoms with E-state index < -0.39 is 0 Å². The molecule has 1 aliphatic carbocycles. The lowest BCUT2D eigenvalue weighted by atomic mass is 9.70. The number of rotatable bonds is 4. The van der Waals surface area contributed by atoms with Crippen LogP contribution in [0.4, 0.5) is 0 Å². The molecule has 18 heavy (non-hydrogen) atoms.